The molecule has 1 heterocycles. The number of hydrogen-bond acceptors (Lipinski definition) is 6. The minimum atomic E-state index is -1.08. The maximum absolute atomic E-state index is 13.7. The zero-order valence-corrected chi connectivity index (χ0v) is 22.0. The number of amides is 2. The Kier molecular flexibility index (Phi) is 9.35. The van der Waals surface area contributed by atoms with Crippen LogP contribution in [0.2, 0.25) is 0 Å². The molecule has 2 aromatic rings. The first-order valence-corrected chi connectivity index (χ1v) is 13.2. The Balaban J connectivity index is 1.67. The van der Waals surface area contributed by atoms with Crippen molar-refractivity contribution in [2.75, 3.05) is 19.8 Å². The average molecular weight is 606 g/mol. The molecule has 4 atom stereocenters. The molecule has 0 bridgehead atoms. The van der Waals surface area contributed by atoms with Gasteiger partial charge in [-0.15, -0.1) is 0 Å². The molecule has 8 nitrogen and oxygen atoms in total. The largest absolute Gasteiger partial charge is 0.482 e. The van der Waals surface area contributed by atoms with Crippen molar-refractivity contribution in [2.45, 2.75) is 50.2 Å². The molecule has 192 valence electrons. The first-order chi connectivity index (χ1) is 17.5. The van der Waals surface area contributed by atoms with Gasteiger partial charge in [-0.1, -0.05) is 42.5 Å². The molecule has 4 unspecified atom stereocenters. The van der Waals surface area contributed by atoms with Gasteiger partial charge in [-0.05, 0) is 59.2 Å². The molecule has 0 radical (unpaired) electrons. The second-order valence-electron chi connectivity index (χ2n) is 8.90. The second-order valence-corrected chi connectivity index (χ2v) is 10.1. The van der Waals surface area contributed by atoms with Crippen molar-refractivity contribution in [1.82, 2.24) is 10.2 Å². The fourth-order valence-corrected chi connectivity index (χ4v) is 5.08. The molecule has 1 aliphatic heterocycles. The summed E-state index contributed by atoms with van der Waals surface area (Å²) in [6, 6.07) is 16.3. The van der Waals surface area contributed by atoms with Gasteiger partial charge < -0.3 is 29.9 Å². The summed E-state index contributed by atoms with van der Waals surface area (Å²) < 4.78 is 12.7. The zero-order chi connectivity index (χ0) is 25.5. The van der Waals surface area contributed by atoms with E-state index < -0.39 is 24.4 Å². The van der Waals surface area contributed by atoms with Crippen molar-refractivity contribution in [3.05, 3.63) is 75.4 Å². The number of benzene rings is 2. The lowest BCUT2D eigenvalue weighted by Crippen LogP contribution is -2.56. The molecule has 1 saturated heterocycles. The molecule has 1 aliphatic carbocycles. The van der Waals surface area contributed by atoms with Gasteiger partial charge in [0.25, 0.3) is 5.91 Å². The lowest BCUT2D eigenvalue weighted by molar-refractivity contribution is -0.149. The third-order valence-electron chi connectivity index (χ3n) is 6.40. The number of carbonyl (C=O) groups is 2. The van der Waals surface area contributed by atoms with Crippen molar-refractivity contribution >= 4 is 34.4 Å². The van der Waals surface area contributed by atoms with Gasteiger partial charge in [0, 0.05) is 31.7 Å². The SMILES string of the molecule is O=C(NCCO)C1=CC(Oc2ccccc2I)C(O)C(N(Cc2ccccc2)C(=O)C2CCCO2)C1. The topological polar surface area (TPSA) is 108 Å². The molecule has 3 N–H and O–H groups in total. The first-order valence-electron chi connectivity index (χ1n) is 12.1. The minimum Gasteiger partial charge on any atom is -0.482 e. The fraction of sp³-hybridized carbons (Fsp3) is 0.407. The van der Waals surface area contributed by atoms with E-state index in [4.69, 9.17) is 14.6 Å². The normalized spacial score (nSPS) is 23.6. The maximum atomic E-state index is 13.7. The van der Waals surface area contributed by atoms with Gasteiger partial charge in [-0.3, -0.25) is 9.59 Å². The lowest BCUT2D eigenvalue weighted by Gasteiger charge is -2.41. The third kappa shape index (κ3) is 6.44. The number of rotatable bonds is 9. The van der Waals surface area contributed by atoms with Crippen molar-refractivity contribution < 1.29 is 29.3 Å². The summed E-state index contributed by atoms with van der Waals surface area (Å²) in [6.45, 7) is 0.705. The van der Waals surface area contributed by atoms with Crippen LogP contribution in [0.15, 0.2) is 66.2 Å². The third-order valence-corrected chi connectivity index (χ3v) is 7.29. The van der Waals surface area contributed by atoms with Crippen LogP contribution in [0, 0.1) is 3.57 Å². The lowest BCUT2D eigenvalue weighted by atomic mass is 9.87. The summed E-state index contributed by atoms with van der Waals surface area (Å²) in [5.74, 6) is 0.0150. The highest BCUT2D eigenvalue weighted by Crippen LogP contribution is 2.31. The predicted octanol–water partition coefficient (Wildman–Crippen LogP) is 2.41. The Hall–Kier alpha value is -2.47. The Bertz CT molecular complexity index is 1070. The van der Waals surface area contributed by atoms with E-state index in [-0.39, 0.29) is 37.9 Å². The smallest absolute Gasteiger partial charge is 0.252 e. The Morgan fingerprint density at radius 1 is 1.14 bits per heavy atom. The summed E-state index contributed by atoms with van der Waals surface area (Å²) in [5.41, 5.74) is 1.31. The molecule has 36 heavy (non-hydrogen) atoms. The van der Waals surface area contributed by atoms with Crippen LogP contribution >= 0.6 is 22.6 Å². The van der Waals surface area contributed by atoms with Gasteiger partial charge in [0.1, 0.15) is 24.1 Å². The monoisotopic (exact) mass is 606 g/mol. The van der Waals surface area contributed by atoms with Crippen LogP contribution in [0.4, 0.5) is 0 Å². The van der Waals surface area contributed by atoms with Crippen LogP contribution in [0.25, 0.3) is 0 Å². The molecule has 4 rings (SSSR count). The molecule has 9 heteroatoms. The first kappa shape index (κ1) is 26.6. The number of carbonyl (C=O) groups excluding carboxylic acids is 2. The maximum Gasteiger partial charge on any atom is 0.252 e. The summed E-state index contributed by atoms with van der Waals surface area (Å²) in [6.07, 6.45) is 0.677. The second kappa shape index (κ2) is 12.7. The molecular formula is C27H31IN2O6. The van der Waals surface area contributed by atoms with E-state index in [1.54, 1.807) is 17.0 Å². The van der Waals surface area contributed by atoms with E-state index in [0.29, 0.717) is 24.4 Å². The number of para-hydroxylation sites is 1. The Labute approximate surface area is 224 Å². The predicted molar refractivity (Wildman–Crippen MR) is 142 cm³/mol. The highest BCUT2D eigenvalue weighted by Gasteiger charge is 2.42. The number of halogens is 1. The van der Waals surface area contributed by atoms with E-state index in [0.717, 1.165) is 15.6 Å². The van der Waals surface area contributed by atoms with Crippen LogP contribution < -0.4 is 10.1 Å². The minimum absolute atomic E-state index is 0.105. The zero-order valence-electron chi connectivity index (χ0n) is 19.9. The number of aliphatic hydroxyl groups is 2. The summed E-state index contributed by atoms with van der Waals surface area (Å²) >= 11 is 2.15. The van der Waals surface area contributed by atoms with E-state index in [1.165, 1.54) is 0 Å². The summed E-state index contributed by atoms with van der Waals surface area (Å²) in [7, 11) is 0. The van der Waals surface area contributed by atoms with Crippen molar-refractivity contribution in [1.29, 1.82) is 0 Å². The van der Waals surface area contributed by atoms with E-state index in [2.05, 4.69) is 27.9 Å². The highest BCUT2D eigenvalue weighted by molar-refractivity contribution is 14.1. The number of aliphatic hydroxyl groups excluding tert-OH is 2. The molecule has 0 spiro atoms. The quantitative estimate of drug-likeness (QED) is 0.379. The summed E-state index contributed by atoms with van der Waals surface area (Å²) in [5, 5.41) is 23.4. The Morgan fingerprint density at radius 3 is 2.58 bits per heavy atom. The molecule has 2 amide bonds. The van der Waals surface area contributed by atoms with Gasteiger partial charge in [-0.2, -0.15) is 0 Å². The number of nitrogens with one attached hydrogen (secondary N) is 1. The number of ether oxygens (including phenoxy) is 2. The molecular weight excluding hydrogens is 575 g/mol. The van der Waals surface area contributed by atoms with Gasteiger partial charge in [-0.25, -0.2) is 0 Å². The Morgan fingerprint density at radius 2 is 1.89 bits per heavy atom. The number of hydrogen-bond donors (Lipinski definition) is 3. The van der Waals surface area contributed by atoms with Crippen LogP contribution in [-0.2, 0) is 20.9 Å². The molecule has 1 fully saturated rings. The van der Waals surface area contributed by atoms with Crippen LogP contribution in [0.1, 0.15) is 24.8 Å². The fourth-order valence-electron chi connectivity index (χ4n) is 4.56. The van der Waals surface area contributed by atoms with Crippen LogP contribution in [0.5, 0.6) is 5.75 Å². The average Bonchev–Trinajstić information content (AvgIpc) is 3.44. The van der Waals surface area contributed by atoms with Gasteiger partial charge in [0.2, 0.25) is 5.91 Å². The van der Waals surface area contributed by atoms with Crippen molar-refractivity contribution in [3.63, 3.8) is 0 Å². The van der Waals surface area contributed by atoms with Gasteiger partial charge >= 0.3 is 0 Å². The summed E-state index contributed by atoms with van der Waals surface area (Å²) in [4.78, 5) is 28.2. The van der Waals surface area contributed by atoms with E-state index in [9.17, 15) is 14.7 Å². The molecule has 2 aromatic carbocycles. The molecule has 0 aromatic heterocycles. The number of nitrogens with zero attached hydrogens (tertiary/aromatic N) is 1. The van der Waals surface area contributed by atoms with Crippen LogP contribution in [0.3, 0.4) is 0 Å². The van der Waals surface area contributed by atoms with E-state index in [1.807, 2.05) is 48.5 Å². The molecule has 0 saturated carbocycles. The van der Waals surface area contributed by atoms with Gasteiger partial charge in [0.15, 0.2) is 0 Å². The highest BCUT2D eigenvalue weighted by atomic mass is 127. The molecule has 2 aliphatic rings. The van der Waals surface area contributed by atoms with Gasteiger partial charge in [0.05, 0.1) is 16.2 Å². The van der Waals surface area contributed by atoms with Crippen molar-refractivity contribution in [3.8, 4) is 5.75 Å². The van der Waals surface area contributed by atoms with Crippen molar-refractivity contribution in [2.24, 2.45) is 0 Å². The standard InChI is InChI=1S/C27H31IN2O6/c28-20-9-4-5-10-22(20)36-24-16-19(26(33)29-12-13-31)15-21(25(24)32)30(17-18-7-2-1-3-8-18)27(34)23-11-6-14-35-23/h1-5,7-10,16,21,23-25,31-32H,6,11-15,17H2,(H,29,33). The van der Waals surface area contributed by atoms with Crippen LogP contribution in [-0.4, -0.2) is 71.0 Å². The van der Waals surface area contributed by atoms with E-state index >= 15 is 0 Å².